The number of rotatable bonds is 4. The van der Waals surface area contributed by atoms with Gasteiger partial charge in [0.05, 0.1) is 12.1 Å². The molecule has 0 bridgehead atoms. The van der Waals surface area contributed by atoms with E-state index in [1.54, 1.807) is 0 Å². The Balaban J connectivity index is 1.52. The van der Waals surface area contributed by atoms with Crippen LogP contribution >= 0.6 is 11.6 Å². The summed E-state index contributed by atoms with van der Waals surface area (Å²) in [6, 6.07) is 7.78. The zero-order valence-corrected chi connectivity index (χ0v) is 12.9. The van der Waals surface area contributed by atoms with E-state index in [9.17, 15) is 5.11 Å². The molecule has 0 spiro atoms. The van der Waals surface area contributed by atoms with E-state index in [-0.39, 0.29) is 12.1 Å². The van der Waals surface area contributed by atoms with Crippen molar-refractivity contribution in [3.63, 3.8) is 0 Å². The third-order valence-electron chi connectivity index (χ3n) is 4.37. The summed E-state index contributed by atoms with van der Waals surface area (Å²) in [5, 5.41) is 14.8. The van der Waals surface area contributed by atoms with Gasteiger partial charge in [0, 0.05) is 24.0 Å². The molecule has 116 valence electrons. The van der Waals surface area contributed by atoms with Crippen molar-refractivity contribution in [3.8, 4) is 0 Å². The van der Waals surface area contributed by atoms with Crippen LogP contribution in [0.3, 0.4) is 0 Å². The van der Waals surface area contributed by atoms with Crippen molar-refractivity contribution in [2.24, 2.45) is 0 Å². The molecule has 2 aliphatic rings. The van der Waals surface area contributed by atoms with E-state index < -0.39 is 0 Å². The normalized spacial score (nSPS) is 25.7. The maximum Gasteiger partial charge on any atom is 0.244 e. The van der Waals surface area contributed by atoms with Crippen molar-refractivity contribution in [1.29, 1.82) is 0 Å². The van der Waals surface area contributed by atoms with Gasteiger partial charge in [-0.25, -0.2) is 0 Å². The molecule has 1 aromatic carbocycles. The van der Waals surface area contributed by atoms with Crippen molar-refractivity contribution in [3.05, 3.63) is 46.6 Å². The Morgan fingerprint density at radius 2 is 2.05 bits per heavy atom. The highest BCUT2D eigenvalue weighted by molar-refractivity contribution is 6.30. The minimum Gasteiger partial charge on any atom is -0.392 e. The molecule has 22 heavy (non-hydrogen) atoms. The van der Waals surface area contributed by atoms with Crippen LogP contribution in [0.4, 0.5) is 0 Å². The number of benzene rings is 1. The minimum absolute atomic E-state index is 0.00863. The van der Waals surface area contributed by atoms with Crippen molar-refractivity contribution in [2.45, 2.75) is 43.9 Å². The molecule has 1 aliphatic heterocycles. The molecule has 5 nitrogen and oxygen atoms in total. The summed E-state index contributed by atoms with van der Waals surface area (Å²) in [6.07, 6.45) is 2.59. The highest BCUT2D eigenvalue weighted by Gasteiger charge is 2.37. The van der Waals surface area contributed by atoms with Crippen LogP contribution in [0, 0.1) is 0 Å². The maximum atomic E-state index is 10.0. The van der Waals surface area contributed by atoms with Gasteiger partial charge in [0.25, 0.3) is 0 Å². The number of β-amino-alcohol motifs (C(OH)–C–C–N with tert-alkyl or cyclic N) is 1. The molecule has 1 saturated heterocycles. The van der Waals surface area contributed by atoms with Crippen LogP contribution in [-0.4, -0.2) is 32.8 Å². The summed E-state index contributed by atoms with van der Waals surface area (Å²) in [5.41, 5.74) is 1.16. The van der Waals surface area contributed by atoms with Gasteiger partial charge in [-0.1, -0.05) is 28.9 Å². The Morgan fingerprint density at radius 1 is 1.27 bits per heavy atom. The number of likely N-dealkylation sites (tertiary alicyclic amines) is 1. The third-order valence-corrected chi connectivity index (χ3v) is 4.62. The molecule has 2 heterocycles. The topological polar surface area (TPSA) is 62.4 Å². The van der Waals surface area contributed by atoms with E-state index in [2.05, 4.69) is 15.0 Å². The lowest BCUT2D eigenvalue weighted by Crippen LogP contribution is -2.24. The first-order valence-electron chi connectivity index (χ1n) is 7.69. The van der Waals surface area contributed by atoms with Gasteiger partial charge in [0.2, 0.25) is 5.89 Å². The zero-order valence-electron chi connectivity index (χ0n) is 12.2. The van der Waals surface area contributed by atoms with E-state index in [4.69, 9.17) is 16.1 Å². The predicted molar refractivity (Wildman–Crippen MR) is 81.5 cm³/mol. The molecular weight excluding hydrogens is 302 g/mol. The fourth-order valence-electron chi connectivity index (χ4n) is 3.03. The summed E-state index contributed by atoms with van der Waals surface area (Å²) in [4.78, 5) is 6.74. The van der Waals surface area contributed by atoms with Crippen LogP contribution in [0.2, 0.25) is 5.02 Å². The van der Waals surface area contributed by atoms with E-state index in [0.29, 0.717) is 24.8 Å². The van der Waals surface area contributed by atoms with Gasteiger partial charge in [-0.15, -0.1) is 0 Å². The van der Waals surface area contributed by atoms with Crippen LogP contribution < -0.4 is 0 Å². The first-order valence-corrected chi connectivity index (χ1v) is 8.07. The SMILES string of the molecule is O[C@@H]1C[C@@H](c2nc(C3CC3)no2)N(Cc2ccc(Cl)cc2)C1. The Kier molecular flexibility index (Phi) is 3.64. The van der Waals surface area contributed by atoms with Crippen LogP contribution in [0.15, 0.2) is 28.8 Å². The Bertz CT molecular complexity index is 654. The average Bonchev–Trinajstić information content (AvgIpc) is 3.12. The van der Waals surface area contributed by atoms with E-state index in [0.717, 1.165) is 35.8 Å². The van der Waals surface area contributed by atoms with Gasteiger partial charge in [-0.05, 0) is 37.0 Å². The molecule has 1 N–H and O–H groups in total. The highest BCUT2D eigenvalue weighted by atomic mass is 35.5. The van der Waals surface area contributed by atoms with Gasteiger partial charge in [0.15, 0.2) is 5.82 Å². The van der Waals surface area contributed by atoms with Gasteiger partial charge in [0.1, 0.15) is 0 Å². The van der Waals surface area contributed by atoms with Gasteiger partial charge in [-0.2, -0.15) is 4.98 Å². The minimum atomic E-state index is -0.353. The number of hydrogen-bond acceptors (Lipinski definition) is 5. The molecule has 2 fully saturated rings. The number of aliphatic hydroxyl groups is 1. The second-order valence-electron chi connectivity index (χ2n) is 6.23. The molecule has 2 aromatic rings. The van der Waals surface area contributed by atoms with Crippen LogP contribution in [0.5, 0.6) is 0 Å². The third kappa shape index (κ3) is 2.89. The molecule has 0 amide bonds. The predicted octanol–water partition coefficient (Wildman–Crippen LogP) is 2.91. The summed E-state index contributed by atoms with van der Waals surface area (Å²) in [7, 11) is 0. The van der Waals surface area contributed by atoms with Crippen molar-refractivity contribution >= 4 is 11.6 Å². The molecule has 4 rings (SSSR count). The number of aliphatic hydroxyl groups excluding tert-OH is 1. The zero-order chi connectivity index (χ0) is 15.1. The standard InChI is InChI=1S/C16H18ClN3O2/c17-12-5-1-10(2-6-12)8-20-9-13(21)7-14(20)16-18-15(19-22-16)11-3-4-11/h1-2,5-6,11,13-14,21H,3-4,7-9H2/t13-,14+/m1/s1. The molecule has 1 saturated carbocycles. The fraction of sp³-hybridized carbons (Fsp3) is 0.500. The summed E-state index contributed by atoms with van der Waals surface area (Å²) in [5.74, 6) is 1.93. The Morgan fingerprint density at radius 3 is 2.77 bits per heavy atom. The van der Waals surface area contributed by atoms with Crippen LogP contribution in [0.25, 0.3) is 0 Å². The molecule has 0 unspecified atom stereocenters. The van der Waals surface area contributed by atoms with Gasteiger partial charge in [-0.3, -0.25) is 4.90 Å². The molecule has 0 radical (unpaired) electrons. The first kappa shape index (κ1) is 14.2. The first-order chi connectivity index (χ1) is 10.7. The number of hydrogen-bond donors (Lipinski definition) is 1. The van der Waals surface area contributed by atoms with E-state index >= 15 is 0 Å². The average molecular weight is 320 g/mol. The van der Waals surface area contributed by atoms with E-state index in [1.165, 1.54) is 0 Å². The number of halogens is 1. The second kappa shape index (κ2) is 5.65. The van der Waals surface area contributed by atoms with Crippen molar-refractivity contribution in [2.75, 3.05) is 6.54 Å². The van der Waals surface area contributed by atoms with Crippen LogP contribution in [-0.2, 0) is 6.54 Å². The quantitative estimate of drug-likeness (QED) is 0.938. The van der Waals surface area contributed by atoms with Gasteiger partial charge >= 0.3 is 0 Å². The van der Waals surface area contributed by atoms with Crippen LogP contribution in [0.1, 0.15) is 48.5 Å². The number of nitrogens with zero attached hydrogens (tertiary/aromatic N) is 3. The van der Waals surface area contributed by atoms with Crippen molar-refractivity contribution < 1.29 is 9.63 Å². The smallest absolute Gasteiger partial charge is 0.244 e. The van der Waals surface area contributed by atoms with E-state index in [1.807, 2.05) is 24.3 Å². The molecular formula is C16H18ClN3O2. The lowest BCUT2D eigenvalue weighted by Gasteiger charge is -2.21. The molecule has 1 aromatic heterocycles. The van der Waals surface area contributed by atoms with Gasteiger partial charge < -0.3 is 9.63 Å². The maximum absolute atomic E-state index is 10.0. The lowest BCUT2D eigenvalue weighted by atomic mass is 10.1. The summed E-state index contributed by atoms with van der Waals surface area (Å²) in [6.45, 7) is 1.36. The summed E-state index contributed by atoms with van der Waals surface area (Å²) < 4.78 is 5.45. The lowest BCUT2D eigenvalue weighted by molar-refractivity contribution is 0.169. The Labute approximate surface area is 133 Å². The monoisotopic (exact) mass is 319 g/mol. The fourth-order valence-corrected chi connectivity index (χ4v) is 3.15. The molecule has 6 heteroatoms. The second-order valence-corrected chi connectivity index (χ2v) is 6.66. The van der Waals surface area contributed by atoms with Crippen molar-refractivity contribution in [1.82, 2.24) is 15.0 Å². The summed E-state index contributed by atoms with van der Waals surface area (Å²) >= 11 is 5.93. The molecule has 2 atom stereocenters. The molecule has 1 aliphatic carbocycles. The highest BCUT2D eigenvalue weighted by Crippen LogP contribution is 2.40. The number of aromatic nitrogens is 2. The largest absolute Gasteiger partial charge is 0.392 e. The Hall–Kier alpha value is -1.43.